The lowest BCUT2D eigenvalue weighted by molar-refractivity contribution is 0.288. The fourth-order valence-electron chi connectivity index (χ4n) is 2.68. The molecule has 134 valence electrons. The van der Waals surface area contributed by atoms with Crippen molar-refractivity contribution in [2.24, 2.45) is 5.92 Å². The predicted molar refractivity (Wildman–Crippen MR) is 98.4 cm³/mol. The van der Waals surface area contributed by atoms with Gasteiger partial charge < -0.3 is 10.1 Å². The van der Waals surface area contributed by atoms with Crippen molar-refractivity contribution >= 4 is 5.82 Å². The smallest absolute Gasteiger partial charge is 0.213 e. The molecule has 3 aromatic rings. The normalized spacial score (nSPS) is 13.6. The van der Waals surface area contributed by atoms with Crippen LogP contribution in [0, 0.1) is 19.8 Å². The van der Waals surface area contributed by atoms with E-state index < -0.39 is 0 Å². The molecule has 3 aromatic heterocycles. The van der Waals surface area contributed by atoms with Crippen LogP contribution in [-0.4, -0.2) is 31.3 Å². The first kappa shape index (κ1) is 16.5. The zero-order chi connectivity index (χ0) is 17.9. The van der Waals surface area contributed by atoms with E-state index in [2.05, 4.69) is 25.4 Å². The maximum atomic E-state index is 5.66. The average molecular weight is 350 g/mol. The number of nitrogens with one attached hydrogen (secondary N) is 1. The third kappa shape index (κ3) is 3.99. The Hall–Kier alpha value is -2.96. The summed E-state index contributed by atoms with van der Waals surface area (Å²) in [6, 6.07) is 5.94. The SMILES string of the molecule is Cc1cc(C)n(-c2cncc(NCc3ccc(OCC4CC4)nc3)n2)n1. The minimum Gasteiger partial charge on any atom is -0.477 e. The van der Waals surface area contributed by atoms with Crippen LogP contribution in [0.3, 0.4) is 0 Å². The van der Waals surface area contributed by atoms with Gasteiger partial charge in [0, 0.05) is 24.5 Å². The Balaban J connectivity index is 1.38. The van der Waals surface area contributed by atoms with Crippen molar-refractivity contribution in [2.75, 3.05) is 11.9 Å². The number of nitrogens with zero attached hydrogens (tertiary/aromatic N) is 5. The molecule has 4 rings (SSSR count). The van der Waals surface area contributed by atoms with Gasteiger partial charge in [0.15, 0.2) is 5.82 Å². The molecule has 0 aromatic carbocycles. The first-order chi connectivity index (χ1) is 12.7. The van der Waals surface area contributed by atoms with Crippen molar-refractivity contribution in [3.05, 3.63) is 53.7 Å². The molecule has 3 heterocycles. The molecule has 0 radical (unpaired) electrons. The number of rotatable bonds is 7. The Morgan fingerprint density at radius 2 is 2.08 bits per heavy atom. The highest BCUT2D eigenvalue weighted by Crippen LogP contribution is 2.29. The molecule has 7 heteroatoms. The van der Waals surface area contributed by atoms with Gasteiger partial charge in [0.2, 0.25) is 5.88 Å². The number of aryl methyl sites for hydroxylation is 2. The Kier molecular flexibility index (Phi) is 4.51. The fraction of sp³-hybridized carbons (Fsp3) is 0.368. The number of hydrogen-bond acceptors (Lipinski definition) is 6. The number of anilines is 1. The van der Waals surface area contributed by atoms with Crippen molar-refractivity contribution in [2.45, 2.75) is 33.2 Å². The van der Waals surface area contributed by atoms with Gasteiger partial charge in [-0.3, -0.25) is 4.98 Å². The lowest BCUT2D eigenvalue weighted by Crippen LogP contribution is -2.07. The van der Waals surface area contributed by atoms with Crippen molar-refractivity contribution in [3.63, 3.8) is 0 Å². The van der Waals surface area contributed by atoms with E-state index in [0.29, 0.717) is 24.1 Å². The number of pyridine rings is 1. The van der Waals surface area contributed by atoms with Crippen LogP contribution in [0.15, 0.2) is 36.8 Å². The standard InChI is InChI=1S/C19H22N6O/c1-13-7-14(2)25(24-13)18-11-20-10-17(23-18)21-8-16-5-6-19(22-9-16)26-12-15-3-4-15/h5-7,9-11,15H,3-4,8,12H2,1-2H3,(H,21,23). The highest BCUT2D eigenvalue weighted by Gasteiger charge is 2.22. The first-order valence-electron chi connectivity index (χ1n) is 8.84. The molecule has 1 aliphatic carbocycles. The van der Waals surface area contributed by atoms with Crippen molar-refractivity contribution in [3.8, 4) is 11.7 Å². The summed E-state index contributed by atoms with van der Waals surface area (Å²) in [5.41, 5.74) is 3.04. The number of aromatic nitrogens is 5. The minimum atomic E-state index is 0.616. The molecule has 0 bridgehead atoms. The summed E-state index contributed by atoms with van der Waals surface area (Å²) in [4.78, 5) is 13.2. The van der Waals surface area contributed by atoms with E-state index in [1.54, 1.807) is 17.1 Å². The van der Waals surface area contributed by atoms with Gasteiger partial charge >= 0.3 is 0 Å². The number of hydrogen-bond donors (Lipinski definition) is 1. The number of ether oxygens (including phenoxy) is 1. The van der Waals surface area contributed by atoms with E-state index >= 15 is 0 Å². The Labute approximate surface area is 152 Å². The van der Waals surface area contributed by atoms with E-state index in [9.17, 15) is 0 Å². The maximum Gasteiger partial charge on any atom is 0.213 e. The van der Waals surface area contributed by atoms with Crippen LogP contribution in [0.5, 0.6) is 5.88 Å². The van der Waals surface area contributed by atoms with E-state index in [0.717, 1.165) is 29.5 Å². The summed E-state index contributed by atoms with van der Waals surface area (Å²) in [5, 5.41) is 7.73. The zero-order valence-electron chi connectivity index (χ0n) is 15.0. The van der Waals surface area contributed by atoms with E-state index in [1.807, 2.05) is 38.2 Å². The quantitative estimate of drug-likeness (QED) is 0.705. The first-order valence-corrected chi connectivity index (χ1v) is 8.84. The molecule has 0 aliphatic heterocycles. The second-order valence-electron chi connectivity index (χ2n) is 6.71. The molecule has 1 saturated carbocycles. The van der Waals surface area contributed by atoms with E-state index in [-0.39, 0.29) is 0 Å². The van der Waals surface area contributed by atoms with Gasteiger partial charge in [-0.15, -0.1) is 0 Å². The molecular weight excluding hydrogens is 328 g/mol. The highest BCUT2D eigenvalue weighted by molar-refractivity contribution is 5.37. The highest BCUT2D eigenvalue weighted by atomic mass is 16.5. The summed E-state index contributed by atoms with van der Waals surface area (Å²) in [7, 11) is 0. The van der Waals surface area contributed by atoms with E-state index in [1.165, 1.54) is 12.8 Å². The summed E-state index contributed by atoms with van der Waals surface area (Å²) < 4.78 is 7.45. The molecule has 1 N–H and O–H groups in total. The molecule has 0 spiro atoms. The molecule has 1 aliphatic rings. The summed E-state index contributed by atoms with van der Waals surface area (Å²) in [6.07, 6.45) is 7.79. The monoisotopic (exact) mass is 350 g/mol. The predicted octanol–water partition coefficient (Wildman–Crippen LogP) is 3.08. The lowest BCUT2D eigenvalue weighted by atomic mass is 10.3. The largest absolute Gasteiger partial charge is 0.477 e. The minimum absolute atomic E-state index is 0.616. The van der Waals surface area contributed by atoms with Crippen LogP contribution in [0.2, 0.25) is 0 Å². The Bertz CT molecular complexity index is 885. The van der Waals surface area contributed by atoms with Gasteiger partial charge in [0.05, 0.1) is 24.7 Å². The molecule has 0 amide bonds. The van der Waals surface area contributed by atoms with Crippen LogP contribution in [0.4, 0.5) is 5.82 Å². The molecule has 0 saturated heterocycles. The van der Waals surface area contributed by atoms with Crippen LogP contribution in [-0.2, 0) is 6.54 Å². The van der Waals surface area contributed by atoms with Crippen LogP contribution in [0.25, 0.3) is 5.82 Å². The third-order valence-corrected chi connectivity index (χ3v) is 4.28. The van der Waals surface area contributed by atoms with Crippen molar-refractivity contribution in [1.29, 1.82) is 0 Å². The summed E-state index contributed by atoms with van der Waals surface area (Å²) >= 11 is 0. The average Bonchev–Trinajstić information content (AvgIpc) is 3.42. The zero-order valence-corrected chi connectivity index (χ0v) is 15.0. The molecule has 1 fully saturated rings. The van der Waals surface area contributed by atoms with Gasteiger partial charge in [-0.25, -0.2) is 14.6 Å². The van der Waals surface area contributed by atoms with Gasteiger partial charge in [-0.2, -0.15) is 5.10 Å². The molecular formula is C19H22N6O. The van der Waals surface area contributed by atoms with Crippen molar-refractivity contribution in [1.82, 2.24) is 24.7 Å². The van der Waals surface area contributed by atoms with Crippen LogP contribution in [0.1, 0.15) is 29.8 Å². The molecule has 26 heavy (non-hydrogen) atoms. The van der Waals surface area contributed by atoms with Gasteiger partial charge in [0.25, 0.3) is 0 Å². The fourth-order valence-corrected chi connectivity index (χ4v) is 2.68. The van der Waals surface area contributed by atoms with Crippen LogP contribution < -0.4 is 10.1 Å². The maximum absolute atomic E-state index is 5.66. The summed E-state index contributed by atoms with van der Waals surface area (Å²) in [6.45, 7) is 5.36. The van der Waals surface area contributed by atoms with Gasteiger partial charge in [0.1, 0.15) is 5.82 Å². The second kappa shape index (κ2) is 7.11. The summed E-state index contributed by atoms with van der Waals surface area (Å²) in [5.74, 6) is 2.81. The Morgan fingerprint density at radius 3 is 2.77 bits per heavy atom. The molecule has 7 nitrogen and oxygen atoms in total. The van der Waals surface area contributed by atoms with Crippen LogP contribution >= 0.6 is 0 Å². The molecule has 0 unspecified atom stereocenters. The second-order valence-corrected chi connectivity index (χ2v) is 6.71. The third-order valence-electron chi connectivity index (χ3n) is 4.28. The van der Waals surface area contributed by atoms with E-state index in [4.69, 9.17) is 4.74 Å². The van der Waals surface area contributed by atoms with Crippen molar-refractivity contribution < 1.29 is 4.74 Å². The van der Waals surface area contributed by atoms with Gasteiger partial charge in [-0.05, 0) is 44.2 Å². The molecule has 0 atom stereocenters. The topological polar surface area (TPSA) is 77.8 Å². The Morgan fingerprint density at radius 1 is 1.19 bits per heavy atom. The van der Waals surface area contributed by atoms with Gasteiger partial charge in [-0.1, -0.05) is 6.07 Å². The lowest BCUT2D eigenvalue weighted by Gasteiger charge is -2.09.